The van der Waals surface area contributed by atoms with Crippen LogP contribution in [-0.2, 0) is 23.3 Å². The molecule has 2 aromatic heterocycles. The zero-order valence-electron chi connectivity index (χ0n) is 15.8. The lowest BCUT2D eigenvalue weighted by molar-refractivity contribution is -0.120. The predicted molar refractivity (Wildman–Crippen MR) is 116 cm³/mol. The van der Waals surface area contributed by atoms with E-state index in [9.17, 15) is 4.79 Å². The number of nitrogens with zero attached hydrogens (tertiary/aromatic N) is 3. The highest BCUT2D eigenvalue weighted by Gasteiger charge is 2.59. The van der Waals surface area contributed by atoms with Crippen LogP contribution in [0.25, 0.3) is 10.9 Å². The number of thioether (sulfide) groups is 1. The standard InChI is InChI=1S/C22H22ClN3OS/c1-28-10-2-9-25-17(12-15-11-16(23)3-4-19(15)25)14-26-20-13-24-8-5-18(20)22(6-7-22)21(26)27/h3-5,8,11-13H,2,6-7,9-10,14H2,1H3. The highest BCUT2D eigenvalue weighted by Crippen LogP contribution is 2.57. The van der Waals surface area contributed by atoms with Crippen LogP contribution in [0.2, 0.25) is 5.02 Å². The zero-order valence-corrected chi connectivity index (χ0v) is 17.4. The summed E-state index contributed by atoms with van der Waals surface area (Å²) in [6.07, 6.45) is 8.78. The lowest BCUT2D eigenvalue weighted by Crippen LogP contribution is -2.32. The molecule has 0 saturated heterocycles. The van der Waals surface area contributed by atoms with Crippen molar-refractivity contribution in [1.29, 1.82) is 0 Å². The molecule has 1 amide bonds. The van der Waals surface area contributed by atoms with Crippen molar-refractivity contribution < 1.29 is 4.79 Å². The Bertz CT molecular complexity index is 1070. The van der Waals surface area contributed by atoms with Gasteiger partial charge in [0, 0.05) is 34.4 Å². The van der Waals surface area contributed by atoms with E-state index in [0.29, 0.717) is 6.54 Å². The Balaban J connectivity index is 1.54. The minimum Gasteiger partial charge on any atom is -0.343 e. The minimum atomic E-state index is -0.280. The van der Waals surface area contributed by atoms with Gasteiger partial charge in [-0.2, -0.15) is 11.8 Å². The number of hydrogen-bond donors (Lipinski definition) is 0. The molecule has 0 unspecified atom stereocenters. The third-order valence-electron chi connectivity index (χ3n) is 6.01. The van der Waals surface area contributed by atoms with Gasteiger partial charge in [-0.3, -0.25) is 9.78 Å². The number of anilines is 1. The number of fused-ring (bicyclic) bond motifs is 3. The summed E-state index contributed by atoms with van der Waals surface area (Å²) in [4.78, 5) is 19.5. The molecule has 0 bridgehead atoms. The maximum absolute atomic E-state index is 13.3. The van der Waals surface area contributed by atoms with Gasteiger partial charge in [-0.15, -0.1) is 0 Å². The molecule has 3 aromatic rings. The van der Waals surface area contributed by atoms with Gasteiger partial charge in [-0.25, -0.2) is 0 Å². The lowest BCUT2D eigenvalue weighted by Gasteiger charge is -2.19. The Kier molecular flexibility index (Phi) is 4.40. The number of halogens is 1. The van der Waals surface area contributed by atoms with E-state index >= 15 is 0 Å². The SMILES string of the molecule is CSCCCn1c(CN2C(=O)C3(CC3)c3ccncc32)cc2cc(Cl)ccc21. The smallest absolute Gasteiger partial charge is 0.238 e. The molecule has 1 aromatic carbocycles. The van der Waals surface area contributed by atoms with Gasteiger partial charge >= 0.3 is 0 Å². The first-order chi connectivity index (χ1) is 13.6. The van der Waals surface area contributed by atoms with Gasteiger partial charge in [0.05, 0.1) is 23.8 Å². The number of aromatic nitrogens is 2. The molecule has 1 aliphatic heterocycles. The summed E-state index contributed by atoms with van der Waals surface area (Å²) < 4.78 is 2.35. The quantitative estimate of drug-likeness (QED) is 0.534. The van der Waals surface area contributed by atoms with Crippen molar-refractivity contribution in [2.75, 3.05) is 16.9 Å². The number of carbonyl (C=O) groups is 1. The first-order valence-corrected chi connectivity index (χ1v) is 11.4. The highest BCUT2D eigenvalue weighted by molar-refractivity contribution is 7.98. The molecule has 1 aliphatic carbocycles. The van der Waals surface area contributed by atoms with Gasteiger partial charge < -0.3 is 9.47 Å². The van der Waals surface area contributed by atoms with Gasteiger partial charge in [-0.1, -0.05) is 11.6 Å². The average Bonchev–Trinajstić information content (AvgIpc) is 3.39. The van der Waals surface area contributed by atoms with Crippen LogP contribution in [0.3, 0.4) is 0 Å². The number of benzene rings is 1. The molecule has 144 valence electrons. The van der Waals surface area contributed by atoms with E-state index in [1.54, 1.807) is 6.20 Å². The average molecular weight is 412 g/mol. The molecule has 1 spiro atoms. The van der Waals surface area contributed by atoms with Crippen LogP contribution in [0.15, 0.2) is 42.7 Å². The summed E-state index contributed by atoms with van der Waals surface area (Å²) in [6.45, 7) is 1.51. The molecule has 1 saturated carbocycles. The van der Waals surface area contributed by atoms with Gasteiger partial charge in [0.1, 0.15) is 0 Å². The van der Waals surface area contributed by atoms with Crippen molar-refractivity contribution >= 4 is 45.9 Å². The third kappa shape index (κ3) is 2.75. The summed E-state index contributed by atoms with van der Waals surface area (Å²) in [5.74, 6) is 1.35. The first-order valence-electron chi connectivity index (χ1n) is 9.67. The van der Waals surface area contributed by atoms with Crippen molar-refractivity contribution in [3.8, 4) is 0 Å². The fourth-order valence-corrected chi connectivity index (χ4v) is 5.08. The maximum Gasteiger partial charge on any atom is 0.238 e. The van der Waals surface area contributed by atoms with Crippen LogP contribution in [0.4, 0.5) is 5.69 Å². The summed E-state index contributed by atoms with van der Waals surface area (Å²) >= 11 is 8.09. The van der Waals surface area contributed by atoms with Gasteiger partial charge in [0.15, 0.2) is 0 Å². The second kappa shape index (κ2) is 6.82. The van der Waals surface area contributed by atoms with Crippen LogP contribution in [0.1, 0.15) is 30.5 Å². The number of aryl methyl sites for hydroxylation is 1. The van der Waals surface area contributed by atoms with Crippen LogP contribution < -0.4 is 4.90 Å². The molecule has 3 heterocycles. The number of rotatable bonds is 6. The molecule has 0 N–H and O–H groups in total. The topological polar surface area (TPSA) is 38.1 Å². The second-order valence-corrected chi connectivity index (χ2v) is 9.13. The Morgan fingerprint density at radius 1 is 1.25 bits per heavy atom. The Hall–Kier alpha value is -1.98. The summed E-state index contributed by atoms with van der Waals surface area (Å²) in [6, 6.07) is 10.2. The van der Waals surface area contributed by atoms with Crippen LogP contribution in [0, 0.1) is 0 Å². The fraction of sp³-hybridized carbons (Fsp3) is 0.364. The van der Waals surface area contributed by atoms with Crippen LogP contribution >= 0.6 is 23.4 Å². The van der Waals surface area contributed by atoms with Crippen LogP contribution in [-0.4, -0.2) is 27.5 Å². The van der Waals surface area contributed by atoms with E-state index in [1.165, 1.54) is 5.52 Å². The Morgan fingerprint density at radius 3 is 2.89 bits per heavy atom. The summed E-state index contributed by atoms with van der Waals surface area (Å²) in [7, 11) is 0. The molecule has 0 radical (unpaired) electrons. The fourth-order valence-electron chi connectivity index (χ4n) is 4.48. The van der Waals surface area contributed by atoms with Crippen molar-refractivity contribution in [3.63, 3.8) is 0 Å². The minimum absolute atomic E-state index is 0.231. The Morgan fingerprint density at radius 2 is 2.11 bits per heavy atom. The Labute approximate surface area is 173 Å². The molecular formula is C22H22ClN3OS. The summed E-state index contributed by atoms with van der Waals surface area (Å²) in [5, 5.41) is 1.87. The highest BCUT2D eigenvalue weighted by atomic mass is 35.5. The third-order valence-corrected chi connectivity index (χ3v) is 6.94. The monoisotopic (exact) mass is 411 g/mol. The van der Waals surface area contributed by atoms with E-state index < -0.39 is 0 Å². The number of pyridine rings is 1. The number of hydrogen-bond acceptors (Lipinski definition) is 3. The largest absolute Gasteiger partial charge is 0.343 e. The molecule has 6 heteroatoms. The predicted octanol–water partition coefficient (Wildman–Crippen LogP) is 5.02. The van der Waals surface area contributed by atoms with E-state index in [-0.39, 0.29) is 11.3 Å². The zero-order chi connectivity index (χ0) is 19.3. The summed E-state index contributed by atoms with van der Waals surface area (Å²) in [5.41, 5.74) is 4.18. The molecular weight excluding hydrogens is 390 g/mol. The van der Waals surface area contributed by atoms with E-state index in [1.807, 2.05) is 41.1 Å². The number of amides is 1. The van der Waals surface area contributed by atoms with Crippen molar-refractivity contribution in [3.05, 3.63) is 59.0 Å². The second-order valence-electron chi connectivity index (χ2n) is 7.70. The molecule has 5 rings (SSSR count). The van der Waals surface area contributed by atoms with E-state index in [4.69, 9.17) is 11.6 Å². The number of carbonyl (C=O) groups excluding carboxylic acids is 1. The van der Waals surface area contributed by atoms with Crippen molar-refractivity contribution in [2.45, 2.75) is 37.8 Å². The van der Waals surface area contributed by atoms with E-state index in [0.717, 1.165) is 58.9 Å². The normalized spacial score (nSPS) is 16.9. The first kappa shape index (κ1) is 18.1. The maximum atomic E-state index is 13.3. The molecule has 28 heavy (non-hydrogen) atoms. The molecule has 1 fully saturated rings. The van der Waals surface area contributed by atoms with Crippen molar-refractivity contribution in [1.82, 2.24) is 9.55 Å². The van der Waals surface area contributed by atoms with Gasteiger partial charge in [0.2, 0.25) is 5.91 Å². The van der Waals surface area contributed by atoms with Crippen LogP contribution in [0.5, 0.6) is 0 Å². The van der Waals surface area contributed by atoms with Gasteiger partial charge in [-0.05, 0) is 67.2 Å². The lowest BCUT2D eigenvalue weighted by atomic mass is 9.99. The van der Waals surface area contributed by atoms with Gasteiger partial charge in [0.25, 0.3) is 0 Å². The molecule has 4 nitrogen and oxygen atoms in total. The van der Waals surface area contributed by atoms with Crippen molar-refractivity contribution in [2.24, 2.45) is 0 Å². The molecule has 0 atom stereocenters. The van der Waals surface area contributed by atoms with E-state index in [2.05, 4.69) is 27.9 Å². The molecule has 2 aliphatic rings.